The van der Waals surface area contributed by atoms with E-state index in [1.165, 1.54) is 12.0 Å². The number of aryl methyl sites for hydroxylation is 2. The van der Waals surface area contributed by atoms with Crippen LogP contribution in [0.3, 0.4) is 0 Å². The number of piperidine rings is 1. The van der Waals surface area contributed by atoms with Crippen LogP contribution >= 0.6 is 0 Å². The molecular weight excluding hydrogens is 292 g/mol. The fraction of sp³-hybridized carbons (Fsp3) is 0.444. The molecule has 1 saturated heterocycles. The van der Waals surface area contributed by atoms with Crippen LogP contribution in [0.2, 0.25) is 0 Å². The molecule has 0 N–H and O–H groups in total. The molecular formula is C18H22N2O3. The molecule has 0 spiro atoms. The molecule has 1 aromatic heterocycles. The standard InChI is InChI=1S/C18H22N2O3/c1-13-5-7-16(8-6-13)22-11-15-4-3-9-20(10-15)18(21)17-14(2)23-12-19-17/h5-8,12,15H,3-4,9-11H2,1-2H3/t15-/m1/s1. The predicted octanol–water partition coefficient (Wildman–Crippen LogP) is 3.22. The summed E-state index contributed by atoms with van der Waals surface area (Å²) in [5.74, 6) is 1.76. The van der Waals surface area contributed by atoms with Crippen LogP contribution in [0, 0.1) is 19.8 Å². The molecule has 2 heterocycles. The van der Waals surface area contributed by atoms with Gasteiger partial charge in [-0.25, -0.2) is 4.98 Å². The molecule has 23 heavy (non-hydrogen) atoms. The first kappa shape index (κ1) is 15.6. The number of amides is 1. The van der Waals surface area contributed by atoms with E-state index in [-0.39, 0.29) is 5.91 Å². The Hall–Kier alpha value is -2.30. The minimum Gasteiger partial charge on any atom is -0.493 e. The Morgan fingerprint density at radius 2 is 2.13 bits per heavy atom. The molecule has 5 heteroatoms. The summed E-state index contributed by atoms with van der Waals surface area (Å²) in [6.45, 7) is 5.93. The van der Waals surface area contributed by atoms with Crippen LogP contribution in [0.4, 0.5) is 0 Å². The largest absolute Gasteiger partial charge is 0.493 e. The molecule has 1 atom stereocenters. The lowest BCUT2D eigenvalue weighted by atomic mass is 9.98. The van der Waals surface area contributed by atoms with Crippen LogP contribution in [0.1, 0.15) is 34.7 Å². The summed E-state index contributed by atoms with van der Waals surface area (Å²) >= 11 is 0. The molecule has 1 amide bonds. The van der Waals surface area contributed by atoms with Crippen molar-refractivity contribution in [2.45, 2.75) is 26.7 Å². The van der Waals surface area contributed by atoms with Crippen molar-refractivity contribution < 1.29 is 13.9 Å². The minimum absolute atomic E-state index is 0.0451. The first-order valence-electron chi connectivity index (χ1n) is 8.02. The van der Waals surface area contributed by atoms with Gasteiger partial charge in [0.05, 0.1) is 6.61 Å². The Morgan fingerprint density at radius 1 is 1.35 bits per heavy atom. The molecule has 1 aromatic carbocycles. The number of carbonyl (C=O) groups is 1. The van der Waals surface area contributed by atoms with Crippen LogP contribution in [-0.2, 0) is 0 Å². The highest BCUT2D eigenvalue weighted by Crippen LogP contribution is 2.21. The van der Waals surface area contributed by atoms with Gasteiger partial charge in [0.15, 0.2) is 12.1 Å². The van der Waals surface area contributed by atoms with Crippen molar-refractivity contribution in [2.24, 2.45) is 5.92 Å². The monoisotopic (exact) mass is 314 g/mol. The average molecular weight is 314 g/mol. The number of carbonyl (C=O) groups excluding carboxylic acids is 1. The highest BCUT2D eigenvalue weighted by atomic mass is 16.5. The Labute approximate surface area is 136 Å². The second kappa shape index (κ2) is 6.86. The van der Waals surface area contributed by atoms with E-state index < -0.39 is 0 Å². The maximum absolute atomic E-state index is 12.5. The summed E-state index contributed by atoms with van der Waals surface area (Å²) in [5, 5.41) is 0. The number of hydrogen-bond acceptors (Lipinski definition) is 4. The second-order valence-electron chi connectivity index (χ2n) is 6.14. The molecule has 1 aliphatic heterocycles. The lowest BCUT2D eigenvalue weighted by Crippen LogP contribution is -2.41. The molecule has 0 unspecified atom stereocenters. The number of likely N-dealkylation sites (tertiary alicyclic amines) is 1. The van der Waals surface area contributed by atoms with Gasteiger partial charge in [0.2, 0.25) is 0 Å². The van der Waals surface area contributed by atoms with E-state index in [0.717, 1.165) is 25.1 Å². The van der Waals surface area contributed by atoms with E-state index in [2.05, 4.69) is 11.9 Å². The van der Waals surface area contributed by atoms with E-state index >= 15 is 0 Å². The van der Waals surface area contributed by atoms with Gasteiger partial charge < -0.3 is 14.1 Å². The summed E-state index contributed by atoms with van der Waals surface area (Å²) in [4.78, 5) is 18.4. The maximum Gasteiger partial charge on any atom is 0.276 e. The smallest absolute Gasteiger partial charge is 0.276 e. The molecule has 0 radical (unpaired) electrons. The summed E-state index contributed by atoms with van der Waals surface area (Å²) < 4.78 is 11.0. The molecule has 0 aliphatic carbocycles. The predicted molar refractivity (Wildman–Crippen MR) is 86.5 cm³/mol. The molecule has 122 valence electrons. The highest BCUT2D eigenvalue weighted by Gasteiger charge is 2.27. The van der Waals surface area contributed by atoms with Gasteiger partial charge in [-0.2, -0.15) is 0 Å². The number of ether oxygens (including phenoxy) is 1. The first-order chi connectivity index (χ1) is 11.1. The fourth-order valence-corrected chi connectivity index (χ4v) is 2.89. The van der Waals surface area contributed by atoms with Gasteiger partial charge in [0.25, 0.3) is 5.91 Å². The molecule has 1 fully saturated rings. The Kier molecular flexibility index (Phi) is 4.65. The van der Waals surface area contributed by atoms with Crippen LogP contribution < -0.4 is 4.74 Å². The summed E-state index contributed by atoms with van der Waals surface area (Å²) in [6.07, 6.45) is 3.39. The first-order valence-corrected chi connectivity index (χ1v) is 8.02. The van der Waals surface area contributed by atoms with Crippen LogP contribution in [0.15, 0.2) is 35.1 Å². The third-order valence-corrected chi connectivity index (χ3v) is 4.26. The number of benzene rings is 1. The molecule has 0 bridgehead atoms. The highest BCUT2D eigenvalue weighted by molar-refractivity contribution is 5.93. The van der Waals surface area contributed by atoms with Crippen molar-refractivity contribution in [1.82, 2.24) is 9.88 Å². The van der Waals surface area contributed by atoms with Crippen molar-refractivity contribution in [3.05, 3.63) is 47.7 Å². The van der Waals surface area contributed by atoms with Crippen molar-refractivity contribution in [3.63, 3.8) is 0 Å². The van der Waals surface area contributed by atoms with Gasteiger partial charge in [-0.1, -0.05) is 17.7 Å². The zero-order chi connectivity index (χ0) is 16.2. The lowest BCUT2D eigenvalue weighted by molar-refractivity contribution is 0.0626. The van der Waals surface area contributed by atoms with Crippen molar-refractivity contribution in [1.29, 1.82) is 0 Å². The molecule has 5 nitrogen and oxygen atoms in total. The van der Waals surface area contributed by atoms with Gasteiger partial charge in [-0.3, -0.25) is 4.79 Å². The third kappa shape index (κ3) is 3.73. The lowest BCUT2D eigenvalue weighted by Gasteiger charge is -2.32. The van der Waals surface area contributed by atoms with Crippen LogP contribution in [0.25, 0.3) is 0 Å². The van der Waals surface area contributed by atoms with E-state index in [1.54, 1.807) is 6.92 Å². The summed E-state index contributed by atoms with van der Waals surface area (Å²) in [5.41, 5.74) is 1.64. The van der Waals surface area contributed by atoms with E-state index in [0.29, 0.717) is 30.5 Å². The van der Waals surface area contributed by atoms with Crippen LogP contribution in [0.5, 0.6) is 5.75 Å². The number of hydrogen-bond donors (Lipinski definition) is 0. The molecule has 1 aliphatic rings. The molecule has 3 rings (SSSR count). The van der Waals surface area contributed by atoms with E-state index in [4.69, 9.17) is 9.15 Å². The average Bonchev–Trinajstić information content (AvgIpc) is 3.00. The number of nitrogens with zero attached hydrogens (tertiary/aromatic N) is 2. The fourth-order valence-electron chi connectivity index (χ4n) is 2.89. The quantitative estimate of drug-likeness (QED) is 0.869. The number of rotatable bonds is 4. The number of oxazole rings is 1. The second-order valence-corrected chi connectivity index (χ2v) is 6.14. The molecule has 0 saturated carbocycles. The van der Waals surface area contributed by atoms with Crippen LogP contribution in [-0.4, -0.2) is 35.5 Å². The summed E-state index contributed by atoms with van der Waals surface area (Å²) in [7, 11) is 0. The molecule has 2 aromatic rings. The maximum atomic E-state index is 12.5. The third-order valence-electron chi connectivity index (χ3n) is 4.26. The van der Waals surface area contributed by atoms with Gasteiger partial charge >= 0.3 is 0 Å². The zero-order valence-corrected chi connectivity index (χ0v) is 13.6. The Bertz CT molecular complexity index is 663. The van der Waals surface area contributed by atoms with Gasteiger partial charge in [-0.05, 0) is 38.8 Å². The zero-order valence-electron chi connectivity index (χ0n) is 13.6. The van der Waals surface area contributed by atoms with E-state index in [9.17, 15) is 4.79 Å². The van der Waals surface area contributed by atoms with Gasteiger partial charge in [0, 0.05) is 19.0 Å². The number of aromatic nitrogens is 1. The van der Waals surface area contributed by atoms with Crippen molar-refractivity contribution in [2.75, 3.05) is 19.7 Å². The van der Waals surface area contributed by atoms with Gasteiger partial charge in [0.1, 0.15) is 11.5 Å². The Morgan fingerprint density at radius 3 is 2.83 bits per heavy atom. The van der Waals surface area contributed by atoms with Crippen molar-refractivity contribution >= 4 is 5.91 Å². The van der Waals surface area contributed by atoms with Gasteiger partial charge in [-0.15, -0.1) is 0 Å². The van der Waals surface area contributed by atoms with Crippen molar-refractivity contribution in [3.8, 4) is 5.75 Å². The van der Waals surface area contributed by atoms with E-state index in [1.807, 2.05) is 29.2 Å². The normalized spacial score (nSPS) is 18.0. The SMILES string of the molecule is Cc1ccc(OC[C@@H]2CCCN(C(=O)c3ncoc3C)C2)cc1. The Balaban J connectivity index is 1.57. The topological polar surface area (TPSA) is 55.6 Å². The summed E-state index contributed by atoms with van der Waals surface area (Å²) in [6, 6.07) is 8.05. The minimum atomic E-state index is -0.0451.